The van der Waals surface area contributed by atoms with Gasteiger partial charge in [-0.3, -0.25) is 10.1 Å². The molecule has 3 rings (SSSR count). The monoisotopic (exact) mass is 281 g/mol. The normalized spacial score (nSPS) is 26.6. The van der Waals surface area contributed by atoms with E-state index in [4.69, 9.17) is 4.74 Å². The summed E-state index contributed by atoms with van der Waals surface area (Å²) >= 11 is 0. The second-order valence-electron chi connectivity index (χ2n) is 5.48. The maximum Gasteiger partial charge on any atom is 0.290 e. The molecule has 1 aliphatic carbocycles. The number of ether oxygens (including phenoxy) is 1. The molecule has 1 saturated carbocycles. The van der Waals surface area contributed by atoms with E-state index in [2.05, 4.69) is 4.98 Å². The van der Waals surface area contributed by atoms with Gasteiger partial charge in [0.1, 0.15) is 6.20 Å². The van der Waals surface area contributed by atoms with E-state index in [1.54, 1.807) is 0 Å². The van der Waals surface area contributed by atoms with E-state index in [9.17, 15) is 14.5 Å². The smallest absolute Gasteiger partial charge is 0.290 e. The minimum Gasteiger partial charge on any atom is -0.371 e. The highest BCUT2D eigenvalue weighted by Gasteiger charge is 2.38. The molecule has 20 heavy (non-hydrogen) atoms. The van der Waals surface area contributed by atoms with Crippen LogP contribution in [-0.4, -0.2) is 35.2 Å². The highest BCUT2D eigenvalue weighted by molar-refractivity contribution is 5.45. The summed E-state index contributed by atoms with van der Waals surface area (Å²) < 4.78 is 19.9. The van der Waals surface area contributed by atoms with E-state index in [1.165, 1.54) is 0 Å². The fourth-order valence-electron chi connectivity index (χ4n) is 2.64. The van der Waals surface area contributed by atoms with Gasteiger partial charge in [0.05, 0.1) is 23.2 Å². The van der Waals surface area contributed by atoms with Crippen LogP contribution in [0.1, 0.15) is 19.8 Å². The number of aromatic nitrogens is 1. The molecule has 0 amide bonds. The van der Waals surface area contributed by atoms with E-state index in [-0.39, 0.29) is 23.7 Å². The number of hydrogen-bond donors (Lipinski definition) is 0. The molecule has 1 aromatic rings. The summed E-state index contributed by atoms with van der Waals surface area (Å²) in [4.78, 5) is 15.7. The fourth-order valence-corrected chi connectivity index (χ4v) is 2.64. The van der Waals surface area contributed by atoms with E-state index < -0.39 is 10.7 Å². The van der Waals surface area contributed by atoms with Crippen molar-refractivity contribution in [2.45, 2.75) is 32.0 Å². The van der Waals surface area contributed by atoms with Crippen molar-refractivity contribution in [2.24, 2.45) is 5.92 Å². The first-order valence-electron chi connectivity index (χ1n) is 6.75. The molecule has 2 fully saturated rings. The van der Waals surface area contributed by atoms with Gasteiger partial charge in [0.2, 0.25) is 0 Å². The van der Waals surface area contributed by atoms with Crippen LogP contribution < -0.4 is 4.90 Å². The number of pyridine rings is 1. The van der Waals surface area contributed by atoms with Crippen LogP contribution in [0, 0.1) is 21.8 Å². The summed E-state index contributed by atoms with van der Waals surface area (Å²) in [7, 11) is 0. The summed E-state index contributed by atoms with van der Waals surface area (Å²) in [6, 6.07) is 0.925. The number of anilines is 1. The van der Waals surface area contributed by atoms with Crippen molar-refractivity contribution < 1.29 is 14.1 Å². The van der Waals surface area contributed by atoms with Gasteiger partial charge < -0.3 is 9.64 Å². The minimum atomic E-state index is -0.650. The lowest BCUT2D eigenvalue weighted by atomic mass is 10.1. The second kappa shape index (κ2) is 4.97. The Balaban J connectivity index is 1.82. The Labute approximate surface area is 115 Å². The van der Waals surface area contributed by atoms with Gasteiger partial charge in [0.25, 0.3) is 5.69 Å². The second-order valence-corrected chi connectivity index (χ2v) is 5.48. The highest BCUT2D eigenvalue weighted by atomic mass is 19.1. The average Bonchev–Trinajstić information content (AvgIpc) is 3.21. The van der Waals surface area contributed by atoms with Crippen molar-refractivity contribution in [2.75, 3.05) is 18.0 Å². The van der Waals surface area contributed by atoms with Crippen molar-refractivity contribution in [1.29, 1.82) is 0 Å². The molecule has 0 aromatic carbocycles. The number of nitrogens with zero attached hydrogens (tertiary/aromatic N) is 3. The van der Waals surface area contributed by atoms with Crippen LogP contribution in [0.25, 0.3) is 0 Å². The lowest BCUT2D eigenvalue weighted by molar-refractivity contribution is -0.385. The van der Waals surface area contributed by atoms with E-state index in [0.717, 1.165) is 25.1 Å². The first-order chi connectivity index (χ1) is 9.54. The molecule has 0 radical (unpaired) electrons. The first kappa shape index (κ1) is 13.2. The van der Waals surface area contributed by atoms with Crippen LogP contribution in [0.2, 0.25) is 0 Å². The van der Waals surface area contributed by atoms with Gasteiger partial charge in [0, 0.05) is 13.1 Å². The molecule has 0 unspecified atom stereocenters. The van der Waals surface area contributed by atoms with Crippen LogP contribution in [-0.2, 0) is 4.74 Å². The Hall–Kier alpha value is -1.76. The maximum atomic E-state index is 14.0. The molecule has 7 heteroatoms. The Bertz CT molecular complexity index is 536. The summed E-state index contributed by atoms with van der Waals surface area (Å²) in [6.07, 6.45) is 3.52. The number of morpholine rings is 1. The molecular formula is C13H16FN3O3. The zero-order valence-corrected chi connectivity index (χ0v) is 11.2. The van der Waals surface area contributed by atoms with Crippen LogP contribution >= 0.6 is 0 Å². The summed E-state index contributed by atoms with van der Waals surface area (Å²) in [5.41, 5.74) is -0.327. The van der Waals surface area contributed by atoms with Gasteiger partial charge >= 0.3 is 0 Å². The quantitative estimate of drug-likeness (QED) is 0.627. The van der Waals surface area contributed by atoms with Gasteiger partial charge in [-0.1, -0.05) is 0 Å². The molecule has 2 atom stereocenters. The number of nitro groups is 1. The van der Waals surface area contributed by atoms with Gasteiger partial charge in [-0.2, -0.15) is 0 Å². The third-order valence-corrected chi connectivity index (χ3v) is 3.75. The number of hydrogen-bond acceptors (Lipinski definition) is 5. The van der Waals surface area contributed by atoms with E-state index >= 15 is 0 Å². The summed E-state index contributed by atoms with van der Waals surface area (Å²) in [5.74, 6) is 0.0839. The lowest BCUT2D eigenvalue weighted by Crippen LogP contribution is -2.48. The fraction of sp³-hybridized carbons (Fsp3) is 0.615. The molecule has 2 heterocycles. The van der Waals surface area contributed by atoms with Gasteiger partial charge in [-0.15, -0.1) is 0 Å². The average molecular weight is 281 g/mol. The molecule has 1 aromatic heterocycles. The zero-order chi connectivity index (χ0) is 14.3. The molecule has 2 aliphatic rings. The Kier molecular flexibility index (Phi) is 3.29. The number of halogens is 1. The highest BCUT2D eigenvalue weighted by Crippen LogP contribution is 2.37. The van der Waals surface area contributed by atoms with Crippen molar-refractivity contribution in [3.63, 3.8) is 0 Å². The van der Waals surface area contributed by atoms with Crippen LogP contribution in [0.5, 0.6) is 0 Å². The van der Waals surface area contributed by atoms with E-state index in [0.29, 0.717) is 19.0 Å². The predicted octanol–water partition coefficient (Wildman–Crippen LogP) is 2.13. The summed E-state index contributed by atoms with van der Waals surface area (Å²) in [5, 5.41) is 10.6. The molecule has 108 valence electrons. The predicted molar refractivity (Wildman–Crippen MR) is 70.1 cm³/mol. The molecule has 0 spiro atoms. The Morgan fingerprint density at radius 1 is 1.50 bits per heavy atom. The third kappa shape index (κ3) is 2.58. The van der Waals surface area contributed by atoms with Gasteiger partial charge in [-0.05, 0) is 25.7 Å². The Morgan fingerprint density at radius 3 is 2.85 bits per heavy atom. The van der Waals surface area contributed by atoms with Gasteiger partial charge in [0.15, 0.2) is 11.6 Å². The zero-order valence-electron chi connectivity index (χ0n) is 11.2. The van der Waals surface area contributed by atoms with Crippen LogP contribution in [0.15, 0.2) is 12.3 Å². The maximum absolute atomic E-state index is 14.0. The number of rotatable bonds is 3. The van der Waals surface area contributed by atoms with Crippen molar-refractivity contribution >= 4 is 11.5 Å². The molecule has 1 aliphatic heterocycles. The van der Waals surface area contributed by atoms with Crippen LogP contribution in [0.3, 0.4) is 0 Å². The van der Waals surface area contributed by atoms with Crippen LogP contribution in [0.4, 0.5) is 15.9 Å². The topological polar surface area (TPSA) is 68.5 Å². The first-order valence-corrected chi connectivity index (χ1v) is 6.75. The van der Waals surface area contributed by atoms with Crippen molar-refractivity contribution in [3.8, 4) is 0 Å². The van der Waals surface area contributed by atoms with E-state index in [1.807, 2.05) is 11.8 Å². The summed E-state index contributed by atoms with van der Waals surface area (Å²) in [6.45, 7) is 3.09. The van der Waals surface area contributed by atoms with Crippen molar-refractivity contribution in [3.05, 3.63) is 28.2 Å². The molecular weight excluding hydrogens is 265 g/mol. The minimum absolute atomic E-state index is 0.00532. The Morgan fingerprint density at radius 2 is 2.25 bits per heavy atom. The SMILES string of the molecule is C[C@H]1CN(c2ncc([N+](=O)[O-])cc2F)C[C@H](C2CC2)O1. The largest absolute Gasteiger partial charge is 0.371 e. The molecule has 0 bridgehead atoms. The van der Waals surface area contributed by atoms with Crippen molar-refractivity contribution in [1.82, 2.24) is 4.98 Å². The molecule has 1 saturated heterocycles. The lowest BCUT2D eigenvalue weighted by Gasteiger charge is -2.37. The van der Waals surface area contributed by atoms with Gasteiger partial charge in [-0.25, -0.2) is 9.37 Å². The standard InChI is InChI=1S/C13H16FN3O3/c1-8-6-16(7-12(20-8)9-2-3-9)13-11(14)4-10(5-15-13)17(18)19/h4-5,8-9,12H,2-3,6-7H2,1H3/t8-,12+/m0/s1. The molecule has 0 N–H and O–H groups in total. The third-order valence-electron chi connectivity index (χ3n) is 3.75. The molecule has 6 nitrogen and oxygen atoms in total.